The van der Waals surface area contributed by atoms with Crippen molar-refractivity contribution in [2.24, 2.45) is 0 Å². The summed E-state index contributed by atoms with van der Waals surface area (Å²) >= 11 is 0. The summed E-state index contributed by atoms with van der Waals surface area (Å²) in [6.45, 7) is 15.7. The molecule has 0 aliphatic heterocycles. The van der Waals surface area contributed by atoms with Gasteiger partial charge in [0.1, 0.15) is 17.3 Å². The van der Waals surface area contributed by atoms with Crippen LogP contribution in [0.2, 0.25) is 0 Å². The van der Waals surface area contributed by atoms with Gasteiger partial charge in [0, 0.05) is 54.5 Å². The van der Waals surface area contributed by atoms with E-state index in [-0.39, 0.29) is 11.5 Å². The molecule has 0 saturated heterocycles. The summed E-state index contributed by atoms with van der Waals surface area (Å²) in [5.41, 5.74) is 6.81. The van der Waals surface area contributed by atoms with Gasteiger partial charge in [0.05, 0.1) is 50.5 Å². The van der Waals surface area contributed by atoms with Crippen LogP contribution in [0.4, 0.5) is 17.1 Å². The summed E-state index contributed by atoms with van der Waals surface area (Å²) in [6.07, 6.45) is 31.3. The minimum Gasteiger partial charge on any atom is -0.506 e. The van der Waals surface area contributed by atoms with Crippen LogP contribution in [0.25, 0.3) is 5.57 Å². The average molecular weight is 896 g/mol. The maximum atomic E-state index is 13.9. The second-order valence-electron chi connectivity index (χ2n) is 19.4. The fraction of sp³-hybridized carbons (Fsp3) is 0.525. The van der Waals surface area contributed by atoms with E-state index in [0.717, 1.165) is 97.1 Å². The normalized spacial score (nSPS) is 17.1. The predicted molar refractivity (Wildman–Crippen MR) is 275 cm³/mol. The van der Waals surface area contributed by atoms with Crippen LogP contribution < -0.4 is 14.4 Å². The Bertz CT molecular complexity index is 2140. The Morgan fingerprint density at radius 2 is 1.11 bits per heavy atom. The number of quaternary nitrogens is 1. The molecule has 7 heteroatoms. The molecule has 0 aromatic heterocycles. The largest absolute Gasteiger partial charge is 0.506 e. The van der Waals surface area contributed by atoms with Gasteiger partial charge >= 0.3 is 0 Å². The standard InChI is InChI=1S/C59H80N3O4/c1-5-9-10-12-21-44-65-54-39-35-52(36-40-54)60(48-23-16-14-17-24-48)50-31-27-46(28-32-50)56-58(63)57(59(56)64)47-29-33-51(34-30-47)61(49-25-18-15-19-26-49)53-37-41-55(42-38-53)66-45-22-13-11-20-43-62(6-2,7-3)8-4/h27-42,48-49H,5-26,43-45H2,1-4H3/q+1/p+1. The van der Waals surface area contributed by atoms with Gasteiger partial charge in [-0.1, -0.05) is 70.4 Å². The van der Waals surface area contributed by atoms with Crippen molar-refractivity contribution in [3.05, 3.63) is 120 Å². The van der Waals surface area contributed by atoms with Crippen molar-refractivity contribution in [2.75, 3.05) is 44.3 Å². The molecular weight excluding hydrogens is 815 g/mol. The Morgan fingerprint density at radius 3 is 1.65 bits per heavy atom. The molecule has 3 aromatic rings. The molecule has 0 heterocycles. The molecule has 7 nitrogen and oxygen atoms in total. The van der Waals surface area contributed by atoms with Gasteiger partial charge < -0.3 is 24.0 Å². The van der Waals surface area contributed by atoms with Gasteiger partial charge in [-0.3, -0.25) is 4.79 Å². The minimum absolute atomic E-state index is 0.0797. The lowest BCUT2D eigenvalue weighted by Gasteiger charge is -2.36. The third-order valence-electron chi connectivity index (χ3n) is 15.2. The second kappa shape index (κ2) is 24.8. The number of anilines is 2. The predicted octanol–water partition coefficient (Wildman–Crippen LogP) is 14.7. The zero-order valence-electron chi connectivity index (χ0n) is 41.1. The number of rotatable bonds is 24. The number of carbonyl (C=O) groups is 1. The van der Waals surface area contributed by atoms with Gasteiger partial charge in [-0.05, 0) is 150 Å². The van der Waals surface area contributed by atoms with E-state index in [1.807, 2.05) is 24.3 Å². The van der Waals surface area contributed by atoms with Crippen LogP contribution in [0.1, 0.15) is 155 Å². The summed E-state index contributed by atoms with van der Waals surface area (Å²) in [4.78, 5) is 16.3. The van der Waals surface area contributed by atoms with Gasteiger partial charge in [-0.2, -0.15) is 4.58 Å². The van der Waals surface area contributed by atoms with E-state index in [0.29, 0.717) is 23.2 Å². The first-order valence-corrected chi connectivity index (χ1v) is 26.3. The van der Waals surface area contributed by atoms with Crippen molar-refractivity contribution < 1.29 is 28.4 Å². The van der Waals surface area contributed by atoms with Crippen molar-refractivity contribution in [3.8, 4) is 11.5 Å². The Morgan fingerprint density at radius 1 is 0.591 bits per heavy atom. The van der Waals surface area contributed by atoms with Crippen LogP contribution in [0.5, 0.6) is 11.5 Å². The topological polar surface area (TPSA) is 62.0 Å². The number of hydrogen-bond acceptors (Lipinski definition) is 5. The van der Waals surface area contributed by atoms with E-state index in [2.05, 4.69) is 110 Å². The van der Waals surface area contributed by atoms with Crippen molar-refractivity contribution in [1.82, 2.24) is 0 Å². The lowest BCUT2D eigenvalue weighted by atomic mass is 9.80. The van der Waals surface area contributed by atoms with Crippen LogP contribution in [0, 0.1) is 0 Å². The van der Waals surface area contributed by atoms with Crippen molar-refractivity contribution in [3.63, 3.8) is 0 Å². The third kappa shape index (κ3) is 12.4. The second-order valence-corrected chi connectivity index (χ2v) is 19.4. The zero-order chi connectivity index (χ0) is 46.1. The molecule has 0 atom stereocenters. The highest BCUT2D eigenvalue weighted by atomic mass is 16.5. The Balaban J connectivity index is 1.00. The highest BCUT2D eigenvalue weighted by Crippen LogP contribution is 2.41. The van der Waals surface area contributed by atoms with Crippen LogP contribution in [-0.4, -0.2) is 77.1 Å². The van der Waals surface area contributed by atoms with Crippen LogP contribution in [0.3, 0.4) is 0 Å². The van der Waals surface area contributed by atoms with Crippen LogP contribution >= 0.6 is 0 Å². The van der Waals surface area contributed by atoms with Crippen molar-refractivity contribution in [2.45, 2.75) is 162 Å². The summed E-state index contributed by atoms with van der Waals surface area (Å²) in [5.74, 6) is 1.81. The molecule has 2 fully saturated rings. The highest BCUT2D eigenvalue weighted by Gasteiger charge is 2.37. The number of ketones is 1. The van der Waals surface area contributed by atoms with Gasteiger partial charge in [0.2, 0.25) is 17.2 Å². The molecule has 354 valence electrons. The Hall–Kier alpha value is -4.88. The number of aliphatic hydroxyl groups excluding tert-OH is 1. The number of allylic oxidation sites excluding steroid dienone is 7. The molecule has 66 heavy (non-hydrogen) atoms. The molecule has 0 bridgehead atoms. The number of carbonyl (C=O) groups excluding carboxylic acids is 1. The number of nitrogens with zero attached hydrogens (tertiary/aromatic N) is 3. The molecule has 3 aromatic carbocycles. The summed E-state index contributed by atoms with van der Waals surface area (Å²) in [6, 6.07) is 26.2. The van der Waals surface area contributed by atoms with Gasteiger partial charge in [-0.25, -0.2) is 0 Å². The lowest BCUT2D eigenvalue weighted by Crippen LogP contribution is -2.48. The first-order valence-electron chi connectivity index (χ1n) is 26.3. The van der Waals surface area contributed by atoms with E-state index in [4.69, 9.17) is 9.47 Å². The molecule has 4 aliphatic rings. The van der Waals surface area contributed by atoms with Gasteiger partial charge in [0.25, 0.3) is 0 Å². The van der Waals surface area contributed by atoms with E-state index < -0.39 is 0 Å². The Kier molecular flexibility index (Phi) is 18.4. The van der Waals surface area contributed by atoms with E-state index >= 15 is 0 Å². The van der Waals surface area contributed by atoms with Crippen molar-refractivity contribution in [1.29, 1.82) is 0 Å². The number of hydrogen-bond donors (Lipinski definition) is 1. The quantitative estimate of drug-likeness (QED) is 0.0420. The molecule has 0 radical (unpaired) electrons. The average Bonchev–Trinajstić information content (AvgIpc) is 3.36. The SMILES string of the molecule is CCCCCCCOc1ccc(N(c2ccc(C3=C(O)C(=C4C=CC(=[N+](c5ccc(OCCCCCC[N+](CC)(CC)CC)cc5)C5CCCCC5)C=C4)C3=O)cc2)C2CCCCC2)cc1. The molecule has 2 saturated carbocycles. The lowest BCUT2D eigenvalue weighted by molar-refractivity contribution is -0.923. The molecule has 7 rings (SSSR count). The third-order valence-corrected chi connectivity index (χ3v) is 15.2. The summed E-state index contributed by atoms with van der Waals surface area (Å²) in [7, 11) is 0. The number of benzene rings is 3. The molecule has 4 aliphatic carbocycles. The number of aliphatic hydroxyl groups is 1. The van der Waals surface area contributed by atoms with Gasteiger partial charge in [0.15, 0.2) is 6.04 Å². The molecule has 0 amide bonds. The molecular formula is C59H81N3O4+2. The smallest absolute Gasteiger partial charge is 0.206 e. The summed E-state index contributed by atoms with van der Waals surface area (Å²) in [5, 5.41) is 11.5. The number of ether oxygens (including phenoxy) is 2. The van der Waals surface area contributed by atoms with Crippen molar-refractivity contribution >= 4 is 34.1 Å². The first-order chi connectivity index (χ1) is 32.4. The fourth-order valence-corrected chi connectivity index (χ4v) is 10.9. The molecule has 0 spiro atoms. The fourth-order valence-electron chi connectivity index (χ4n) is 10.9. The first kappa shape index (κ1) is 49.0. The summed E-state index contributed by atoms with van der Waals surface area (Å²) < 4.78 is 16.0. The zero-order valence-corrected chi connectivity index (χ0v) is 41.1. The highest BCUT2D eigenvalue weighted by molar-refractivity contribution is 6.39. The minimum atomic E-state index is -0.108. The van der Waals surface area contributed by atoms with Gasteiger partial charge in [-0.15, -0.1) is 0 Å². The van der Waals surface area contributed by atoms with E-state index in [1.165, 1.54) is 114 Å². The number of unbranched alkanes of at least 4 members (excludes halogenated alkanes) is 7. The maximum Gasteiger partial charge on any atom is 0.206 e. The molecule has 1 N–H and O–H groups in total. The van der Waals surface area contributed by atoms with E-state index in [9.17, 15) is 9.90 Å². The monoisotopic (exact) mass is 896 g/mol. The number of Topliss-reactive ketones (excluding diaryl/α,β-unsaturated/α-hetero) is 1. The van der Waals surface area contributed by atoms with Crippen LogP contribution in [-0.2, 0) is 4.79 Å². The maximum absolute atomic E-state index is 13.9. The van der Waals surface area contributed by atoms with Crippen LogP contribution in [0.15, 0.2) is 114 Å². The molecule has 0 unspecified atom stereocenters. The Labute approximate surface area is 398 Å². The van der Waals surface area contributed by atoms with E-state index in [1.54, 1.807) is 0 Å².